The zero-order valence-corrected chi connectivity index (χ0v) is 11.2. The quantitative estimate of drug-likeness (QED) is 0.602. The number of aromatic amines is 1. The van der Waals surface area contributed by atoms with E-state index < -0.39 is 0 Å². The maximum Gasteiger partial charge on any atom is 0.245 e. The lowest BCUT2D eigenvalue weighted by Gasteiger charge is -2.30. The molecule has 1 unspecified atom stereocenters. The molecule has 1 atom stereocenters. The smallest absolute Gasteiger partial charge is 0.245 e. The van der Waals surface area contributed by atoms with Crippen molar-refractivity contribution >= 4 is 5.95 Å². The maximum absolute atomic E-state index is 9.85. The summed E-state index contributed by atoms with van der Waals surface area (Å²) in [5.74, 6) is 0.691. The number of hydrogen-bond donors (Lipinski definition) is 4. The van der Waals surface area contributed by atoms with Crippen molar-refractivity contribution in [1.29, 1.82) is 0 Å². The Hall–Kier alpha value is -2.28. The lowest BCUT2D eigenvalue weighted by molar-refractivity contribution is 0.405. The van der Waals surface area contributed by atoms with Crippen LogP contribution in [0, 0.1) is 0 Å². The standard InChI is InChI=1S/C13H17N5O2/c1-8-7-18(6-5-14-8)13-15-12(16-17-13)9-3-2-4-10(19)11(9)20/h2-4,8,14,19-20H,5-7H2,1H3,(H,15,16,17). The Morgan fingerprint density at radius 3 is 3.00 bits per heavy atom. The Kier molecular flexibility index (Phi) is 3.19. The van der Waals surface area contributed by atoms with Crippen LogP contribution in [0.2, 0.25) is 0 Å². The molecule has 0 amide bonds. The second kappa shape index (κ2) is 5.01. The minimum absolute atomic E-state index is 0.170. The van der Waals surface area contributed by atoms with Gasteiger partial charge in [-0.25, -0.2) is 0 Å². The maximum atomic E-state index is 9.85. The van der Waals surface area contributed by atoms with Gasteiger partial charge in [-0.1, -0.05) is 6.07 Å². The monoisotopic (exact) mass is 275 g/mol. The van der Waals surface area contributed by atoms with Crippen LogP contribution in [0.5, 0.6) is 11.5 Å². The van der Waals surface area contributed by atoms with Gasteiger partial charge in [-0.2, -0.15) is 4.98 Å². The molecule has 3 rings (SSSR count). The van der Waals surface area contributed by atoms with E-state index in [0.29, 0.717) is 23.4 Å². The lowest BCUT2D eigenvalue weighted by atomic mass is 10.2. The number of hydrogen-bond acceptors (Lipinski definition) is 6. The highest BCUT2D eigenvalue weighted by molar-refractivity contribution is 5.68. The van der Waals surface area contributed by atoms with Crippen LogP contribution in [-0.4, -0.2) is 51.1 Å². The average Bonchev–Trinajstić information content (AvgIpc) is 2.91. The predicted octanol–water partition coefficient (Wildman–Crippen LogP) is 0.681. The van der Waals surface area contributed by atoms with Gasteiger partial charge >= 0.3 is 0 Å². The zero-order chi connectivity index (χ0) is 14.1. The number of phenolic OH excluding ortho intramolecular Hbond substituents is 2. The van der Waals surface area contributed by atoms with Crippen LogP contribution in [0.15, 0.2) is 18.2 Å². The highest BCUT2D eigenvalue weighted by atomic mass is 16.3. The Labute approximate surface area is 116 Å². The molecule has 1 aliphatic rings. The van der Waals surface area contributed by atoms with E-state index in [9.17, 15) is 10.2 Å². The van der Waals surface area contributed by atoms with Gasteiger partial charge in [0.25, 0.3) is 0 Å². The van der Waals surface area contributed by atoms with Crippen molar-refractivity contribution in [3.63, 3.8) is 0 Å². The van der Waals surface area contributed by atoms with Gasteiger partial charge in [-0.3, -0.25) is 5.10 Å². The number of para-hydroxylation sites is 1. The van der Waals surface area contributed by atoms with E-state index in [2.05, 4.69) is 32.3 Å². The Morgan fingerprint density at radius 2 is 2.20 bits per heavy atom. The van der Waals surface area contributed by atoms with Crippen molar-refractivity contribution < 1.29 is 10.2 Å². The van der Waals surface area contributed by atoms with Crippen molar-refractivity contribution in [3.8, 4) is 22.9 Å². The van der Waals surface area contributed by atoms with Crippen molar-refractivity contribution in [1.82, 2.24) is 20.5 Å². The van der Waals surface area contributed by atoms with Crippen LogP contribution in [0.4, 0.5) is 5.95 Å². The second-order valence-corrected chi connectivity index (χ2v) is 4.96. The molecule has 0 radical (unpaired) electrons. The summed E-state index contributed by atoms with van der Waals surface area (Å²) >= 11 is 0. The van der Waals surface area contributed by atoms with Gasteiger partial charge in [0.2, 0.25) is 5.95 Å². The van der Waals surface area contributed by atoms with Crippen LogP contribution in [0.25, 0.3) is 11.4 Å². The van der Waals surface area contributed by atoms with Crippen LogP contribution < -0.4 is 10.2 Å². The average molecular weight is 275 g/mol. The molecule has 1 aromatic heterocycles. The Morgan fingerprint density at radius 1 is 1.35 bits per heavy atom. The highest BCUT2D eigenvalue weighted by Gasteiger charge is 2.20. The molecule has 106 valence electrons. The summed E-state index contributed by atoms with van der Waals surface area (Å²) in [6, 6.07) is 5.15. The third kappa shape index (κ3) is 2.27. The van der Waals surface area contributed by atoms with Crippen LogP contribution in [0.1, 0.15) is 6.92 Å². The molecule has 0 bridgehead atoms. The Bertz CT molecular complexity index is 613. The van der Waals surface area contributed by atoms with E-state index in [0.717, 1.165) is 19.6 Å². The summed E-state index contributed by atoms with van der Waals surface area (Å²) in [4.78, 5) is 6.49. The summed E-state index contributed by atoms with van der Waals surface area (Å²) in [6.07, 6.45) is 0. The number of H-pyrrole nitrogens is 1. The fourth-order valence-electron chi connectivity index (χ4n) is 2.35. The van der Waals surface area contributed by atoms with Crippen LogP contribution in [0.3, 0.4) is 0 Å². The molecule has 4 N–H and O–H groups in total. The van der Waals surface area contributed by atoms with Gasteiger partial charge in [-0.05, 0) is 19.1 Å². The molecule has 1 aromatic carbocycles. The minimum atomic E-state index is -0.191. The van der Waals surface area contributed by atoms with Gasteiger partial charge in [0.15, 0.2) is 17.3 Å². The van der Waals surface area contributed by atoms with Crippen LogP contribution >= 0.6 is 0 Å². The molecule has 0 spiro atoms. The lowest BCUT2D eigenvalue weighted by Crippen LogP contribution is -2.49. The molecular formula is C13H17N5O2. The van der Waals surface area contributed by atoms with Crippen LogP contribution in [-0.2, 0) is 0 Å². The zero-order valence-electron chi connectivity index (χ0n) is 11.2. The number of aromatic nitrogens is 3. The summed E-state index contributed by atoms with van der Waals surface area (Å²) in [5, 5.41) is 29.7. The Balaban J connectivity index is 1.88. The number of rotatable bonds is 2. The van der Waals surface area contributed by atoms with Gasteiger partial charge in [0, 0.05) is 25.7 Å². The minimum Gasteiger partial charge on any atom is -0.504 e. The molecule has 0 saturated carbocycles. The number of nitrogens with zero attached hydrogens (tertiary/aromatic N) is 3. The molecule has 0 aliphatic carbocycles. The van der Waals surface area contributed by atoms with Gasteiger partial charge < -0.3 is 20.4 Å². The predicted molar refractivity (Wildman–Crippen MR) is 74.8 cm³/mol. The third-order valence-electron chi connectivity index (χ3n) is 3.40. The highest BCUT2D eigenvalue weighted by Crippen LogP contribution is 2.34. The first-order valence-electron chi connectivity index (χ1n) is 6.57. The number of anilines is 1. The molecule has 1 aliphatic heterocycles. The summed E-state index contributed by atoms with van der Waals surface area (Å²) in [7, 11) is 0. The largest absolute Gasteiger partial charge is 0.504 e. The van der Waals surface area contributed by atoms with E-state index in [-0.39, 0.29) is 11.5 Å². The summed E-state index contributed by atoms with van der Waals surface area (Å²) in [5.41, 5.74) is 0.437. The molecule has 20 heavy (non-hydrogen) atoms. The van der Waals surface area contributed by atoms with E-state index in [4.69, 9.17) is 0 Å². The molecule has 7 heteroatoms. The van der Waals surface area contributed by atoms with E-state index in [1.807, 2.05) is 0 Å². The van der Waals surface area contributed by atoms with Crippen molar-refractivity contribution in [3.05, 3.63) is 18.2 Å². The topological polar surface area (TPSA) is 97.3 Å². The van der Waals surface area contributed by atoms with E-state index >= 15 is 0 Å². The SMILES string of the molecule is CC1CN(c2n[nH]c(-c3cccc(O)c3O)n2)CCN1. The molecule has 2 heterocycles. The van der Waals surface area contributed by atoms with Crippen molar-refractivity contribution in [2.45, 2.75) is 13.0 Å². The first kappa shape index (κ1) is 12.7. The number of benzene rings is 1. The number of piperazine rings is 1. The number of phenols is 2. The molecule has 2 aromatic rings. The third-order valence-corrected chi connectivity index (χ3v) is 3.40. The number of nitrogens with one attached hydrogen (secondary N) is 2. The first-order chi connectivity index (χ1) is 9.65. The van der Waals surface area contributed by atoms with Crippen molar-refractivity contribution in [2.75, 3.05) is 24.5 Å². The second-order valence-electron chi connectivity index (χ2n) is 4.96. The van der Waals surface area contributed by atoms with Gasteiger partial charge in [0.05, 0.1) is 5.56 Å². The summed E-state index contributed by atoms with van der Waals surface area (Å²) in [6.45, 7) is 4.68. The molecular weight excluding hydrogens is 258 g/mol. The fourth-order valence-corrected chi connectivity index (χ4v) is 2.35. The number of aromatic hydroxyl groups is 2. The molecule has 1 fully saturated rings. The molecule has 1 saturated heterocycles. The van der Waals surface area contributed by atoms with Gasteiger partial charge in [-0.15, -0.1) is 5.10 Å². The normalized spacial score (nSPS) is 19.2. The molecule has 7 nitrogen and oxygen atoms in total. The van der Waals surface area contributed by atoms with Gasteiger partial charge in [0.1, 0.15) is 0 Å². The first-order valence-corrected chi connectivity index (χ1v) is 6.57. The van der Waals surface area contributed by atoms with E-state index in [1.165, 1.54) is 6.07 Å². The van der Waals surface area contributed by atoms with E-state index in [1.54, 1.807) is 12.1 Å². The fraction of sp³-hybridized carbons (Fsp3) is 0.385. The van der Waals surface area contributed by atoms with Crippen molar-refractivity contribution in [2.24, 2.45) is 0 Å². The summed E-state index contributed by atoms with van der Waals surface area (Å²) < 4.78 is 0.